The van der Waals surface area contributed by atoms with Crippen molar-refractivity contribution >= 4 is 0 Å². The second kappa shape index (κ2) is 5.24. The van der Waals surface area contributed by atoms with Crippen molar-refractivity contribution in [1.29, 1.82) is 0 Å². The molecule has 2 aliphatic carbocycles. The maximum atomic E-state index is 13.2. The Kier molecular flexibility index (Phi) is 3.62. The second-order valence-corrected chi connectivity index (χ2v) is 6.31. The maximum absolute atomic E-state index is 13.2. The smallest absolute Gasteiger partial charge is 0.123 e. The van der Waals surface area contributed by atoms with E-state index in [2.05, 4.69) is 19.2 Å². The van der Waals surface area contributed by atoms with E-state index in [1.54, 1.807) is 12.1 Å². The summed E-state index contributed by atoms with van der Waals surface area (Å²) in [4.78, 5) is 0. The van der Waals surface area contributed by atoms with Crippen LogP contribution in [0.3, 0.4) is 0 Å². The fraction of sp³-hybridized carbons (Fsp3) is 0.647. The van der Waals surface area contributed by atoms with Crippen LogP contribution in [0.15, 0.2) is 18.2 Å². The van der Waals surface area contributed by atoms with Gasteiger partial charge in [-0.2, -0.15) is 0 Å². The van der Waals surface area contributed by atoms with E-state index in [4.69, 9.17) is 0 Å². The fourth-order valence-electron chi connectivity index (χ4n) is 4.08. The van der Waals surface area contributed by atoms with Crippen molar-refractivity contribution in [3.63, 3.8) is 0 Å². The second-order valence-electron chi connectivity index (χ2n) is 6.31. The highest BCUT2D eigenvalue weighted by Gasteiger charge is 2.34. The molecule has 0 bridgehead atoms. The molecule has 4 unspecified atom stereocenters. The summed E-state index contributed by atoms with van der Waals surface area (Å²) in [6.07, 6.45) is 6.10. The van der Waals surface area contributed by atoms with Gasteiger partial charge in [-0.15, -0.1) is 0 Å². The predicted molar refractivity (Wildman–Crippen MR) is 76.6 cm³/mol. The van der Waals surface area contributed by atoms with Crippen LogP contribution in [0.2, 0.25) is 0 Å². The van der Waals surface area contributed by atoms with Gasteiger partial charge in [0.25, 0.3) is 0 Å². The summed E-state index contributed by atoms with van der Waals surface area (Å²) in [6.45, 7) is 4.69. The molecule has 1 N–H and O–H groups in total. The molecule has 1 aromatic rings. The Morgan fingerprint density at radius 2 is 2.11 bits per heavy atom. The molecule has 1 fully saturated rings. The van der Waals surface area contributed by atoms with Crippen molar-refractivity contribution < 1.29 is 4.39 Å². The average Bonchev–Trinajstić information content (AvgIpc) is 2.95. The molecule has 0 aromatic heterocycles. The number of halogens is 1. The van der Waals surface area contributed by atoms with Crippen LogP contribution in [0, 0.1) is 17.7 Å². The van der Waals surface area contributed by atoms with Crippen LogP contribution >= 0.6 is 0 Å². The number of benzene rings is 1. The van der Waals surface area contributed by atoms with E-state index in [9.17, 15) is 4.39 Å². The molecule has 4 atom stereocenters. The lowest BCUT2D eigenvalue weighted by molar-refractivity contribution is 0.320. The number of fused-ring (bicyclic) bond motifs is 1. The molecular formula is C17H24FN. The van der Waals surface area contributed by atoms with Gasteiger partial charge in [-0.25, -0.2) is 4.39 Å². The molecule has 19 heavy (non-hydrogen) atoms. The zero-order valence-corrected chi connectivity index (χ0v) is 12.0. The van der Waals surface area contributed by atoms with Gasteiger partial charge in [-0.3, -0.25) is 0 Å². The van der Waals surface area contributed by atoms with Gasteiger partial charge in [-0.05, 0) is 60.8 Å². The minimum Gasteiger partial charge on any atom is -0.307 e. The molecule has 0 heterocycles. The van der Waals surface area contributed by atoms with Gasteiger partial charge >= 0.3 is 0 Å². The van der Waals surface area contributed by atoms with Crippen molar-refractivity contribution in [2.75, 3.05) is 0 Å². The third-order valence-electron chi connectivity index (χ3n) is 5.35. The number of nitrogens with one attached hydrogen (secondary N) is 1. The van der Waals surface area contributed by atoms with Crippen molar-refractivity contribution in [3.8, 4) is 0 Å². The van der Waals surface area contributed by atoms with Crippen LogP contribution in [-0.2, 0) is 6.42 Å². The van der Waals surface area contributed by atoms with Crippen LogP contribution in [0.4, 0.5) is 4.39 Å². The first-order chi connectivity index (χ1) is 9.19. The molecule has 0 radical (unpaired) electrons. The summed E-state index contributed by atoms with van der Waals surface area (Å²) >= 11 is 0. The topological polar surface area (TPSA) is 12.0 Å². The summed E-state index contributed by atoms with van der Waals surface area (Å²) in [6, 6.07) is 6.38. The monoisotopic (exact) mass is 261 g/mol. The summed E-state index contributed by atoms with van der Waals surface area (Å²) in [5.74, 6) is 1.56. The fourth-order valence-corrected chi connectivity index (χ4v) is 4.08. The van der Waals surface area contributed by atoms with E-state index in [-0.39, 0.29) is 5.82 Å². The predicted octanol–water partition coefficient (Wildman–Crippen LogP) is 4.23. The lowest BCUT2D eigenvalue weighted by atomic mass is 9.93. The summed E-state index contributed by atoms with van der Waals surface area (Å²) in [7, 11) is 0. The molecule has 104 valence electrons. The van der Waals surface area contributed by atoms with E-state index in [0.29, 0.717) is 12.1 Å². The van der Waals surface area contributed by atoms with E-state index < -0.39 is 0 Å². The molecule has 0 saturated heterocycles. The quantitative estimate of drug-likeness (QED) is 0.858. The Labute approximate surface area is 115 Å². The Morgan fingerprint density at radius 3 is 2.84 bits per heavy atom. The van der Waals surface area contributed by atoms with Crippen molar-refractivity contribution in [3.05, 3.63) is 35.1 Å². The van der Waals surface area contributed by atoms with Crippen LogP contribution in [0.1, 0.15) is 56.7 Å². The Balaban J connectivity index is 1.70. The number of rotatable bonds is 3. The standard InChI is InChI=1S/C17H24FN/c1-3-12-4-8-16(11(12)2)19-17-9-5-13-10-14(18)6-7-15(13)17/h6-7,10-12,16-17,19H,3-5,8-9H2,1-2H3. The zero-order valence-electron chi connectivity index (χ0n) is 12.0. The molecule has 2 heteroatoms. The summed E-state index contributed by atoms with van der Waals surface area (Å²) in [5.41, 5.74) is 2.53. The Bertz CT molecular complexity index is 457. The molecule has 2 aliphatic rings. The van der Waals surface area contributed by atoms with Crippen LogP contribution in [0.25, 0.3) is 0 Å². The van der Waals surface area contributed by atoms with Gasteiger partial charge in [-0.1, -0.05) is 26.3 Å². The van der Waals surface area contributed by atoms with Crippen molar-refractivity contribution in [1.82, 2.24) is 5.32 Å². The molecule has 0 aliphatic heterocycles. The highest BCUT2D eigenvalue weighted by Crippen LogP contribution is 2.38. The largest absolute Gasteiger partial charge is 0.307 e. The number of hydrogen-bond donors (Lipinski definition) is 1. The summed E-state index contributed by atoms with van der Waals surface area (Å²) in [5, 5.41) is 3.85. The molecule has 1 aromatic carbocycles. The van der Waals surface area contributed by atoms with Gasteiger partial charge in [0.05, 0.1) is 0 Å². The SMILES string of the molecule is CCC1CCC(NC2CCc3cc(F)ccc32)C1C. The molecular weight excluding hydrogens is 237 g/mol. The van der Waals surface area contributed by atoms with Gasteiger partial charge in [0.15, 0.2) is 0 Å². The van der Waals surface area contributed by atoms with Crippen LogP contribution in [-0.4, -0.2) is 6.04 Å². The zero-order chi connectivity index (χ0) is 13.4. The van der Waals surface area contributed by atoms with Gasteiger partial charge in [0.2, 0.25) is 0 Å². The van der Waals surface area contributed by atoms with E-state index in [1.165, 1.54) is 30.4 Å². The lowest BCUT2D eigenvalue weighted by Gasteiger charge is -2.25. The van der Waals surface area contributed by atoms with E-state index in [0.717, 1.165) is 24.7 Å². The third kappa shape index (κ3) is 2.43. The third-order valence-corrected chi connectivity index (χ3v) is 5.35. The molecule has 1 saturated carbocycles. The molecule has 0 amide bonds. The highest BCUT2D eigenvalue weighted by molar-refractivity contribution is 5.35. The summed E-state index contributed by atoms with van der Waals surface area (Å²) < 4.78 is 13.2. The highest BCUT2D eigenvalue weighted by atomic mass is 19.1. The van der Waals surface area contributed by atoms with Gasteiger partial charge in [0.1, 0.15) is 5.82 Å². The number of hydrogen-bond acceptors (Lipinski definition) is 1. The molecule has 1 nitrogen and oxygen atoms in total. The molecule has 0 spiro atoms. The van der Waals surface area contributed by atoms with Gasteiger partial charge in [0, 0.05) is 12.1 Å². The average molecular weight is 261 g/mol. The maximum Gasteiger partial charge on any atom is 0.123 e. The number of aryl methyl sites for hydroxylation is 1. The van der Waals surface area contributed by atoms with Gasteiger partial charge < -0.3 is 5.32 Å². The van der Waals surface area contributed by atoms with E-state index >= 15 is 0 Å². The first-order valence-corrected chi connectivity index (χ1v) is 7.73. The van der Waals surface area contributed by atoms with E-state index in [1.807, 2.05) is 6.07 Å². The first kappa shape index (κ1) is 13.1. The Morgan fingerprint density at radius 1 is 1.26 bits per heavy atom. The first-order valence-electron chi connectivity index (χ1n) is 7.73. The Hall–Kier alpha value is -0.890. The minimum absolute atomic E-state index is 0.0975. The van der Waals surface area contributed by atoms with Crippen LogP contribution in [0.5, 0.6) is 0 Å². The minimum atomic E-state index is -0.0975. The molecule has 3 rings (SSSR count). The van der Waals surface area contributed by atoms with Crippen molar-refractivity contribution in [2.24, 2.45) is 11.8 Å². The van der Waals surface area contributed by atoms with Crippen molar-refractivity contribution in [2.45, 2.75) is 58.0 Å². The lowest BCUT2D eigenvalue weighted by Crippen LogP contribution is -2.35. The van der Waals surface area contributed by atoms with Crippen LogP contribution < -0.4 is 5.32 Å². The normalized spacial score (nSPS) is 33.6.